The number of carbonyl (C=O) groups excluding carboxylic acids is 2. The van der Waals surface area contributed by atoms with Crippen LogP contribution in [0.2, 0.25) is 0 Å². The quantitative estimate of drug-likeness (QED) is 0.852. The standard InChI is InChI=1S/C18H25FN2O3/c1-12-9-15(20(5)17(23)24-18(2,3)4)16(22)21(12)11-13-7-6-8-14(19)10-13/h6-8,10,12,15H,9,11H2,1-5H3/t12-,15+/m1/s1. The van der Waals surface area contributed by atoms with E-state index in [0.717, 1.165) is 5.56 Å². The van der Waals surface area contributed by atoms with Gasteiger partial charge in [-0.15, -0.1) is 0 Å². The van der Waals surface area contributed by atoms with Crippen molar-refractivity contribution in [3.8, 4) is 0 Å². The van der Waals surface area contributed by atoms with E-state index in [1.807, 2.05) is 6.92 Å². The Labute approximate surface area is 142 Å². The fraction of sp³-hybridized carbons (Fsp3) is 0.556. The Bertz CT molecular complexity index is 627. The molecule has 1 aromatic rings. The van der Waals surface area contributed by atoms with Crippen molar-refractivity contribution in [1.82, 2.24) is 9.80 Å². The first-order valence-corrected chi connectivity index (χ1v) is 8.09. The Kier molecular flexibility index (Phi) is 5.16. The molecule has 132 valence electrons. The maximum absolute atomic E-state index is 13.3. The maximum atomic E-state index is 13.3. The zero-order valence-corrected chi connectivity index (χ0v) is 14.9. The van der Waals surface area contributed by atoms with E-state index in [1.165, 1.54) is 17.0 Å². The number of amides is 2. The summed E-state index contributed by atoms with van der Waals surface area (Å²) < 4.78 is 18.7. The molecule has 1 aromatic carbocycles. The van der Waals surface area contributed by atoms with E-state index in [1.54, 1.807) is 44.9 Å². The summed E-state index contributed by atoms with van der Waals surface area (Å²) in [5, 5.41) is 0. The minimum absolute atomic E-state index is 0.0318. The van der Waals surface area contributed by atoms with Crippen molar-refractivity contribution in [3.05, 3.63) is 35.6 Å². The van der Waals surface area contributed by atoms with Crippen molar-refractivity contribution < 1.29 is 18.7 Å². The number of benzene rings is 1. The van der Waals surface area contributed by atoms with E-state index >= 15 is 0 Å². The van der Waals surface area contributed by atoms with Crippen LogP contribution in [0.15, 0.2) is 24.3 Å². The molecule has 0 aliphatic carbocycles. The Balaban J connectivity index is 2.08. The molecule has 1 fully saturated rings. The van der Waals surface area contributed by atoms with E-state index in [0.29, 0.717) is 13.0 Å². The number of rotatable bonds is 3. The lowest BCUT2D eigenvalue weighted by Crippen LogP contribution is -2.45. The molecule has 0 bridgehead atoms. The number of carbonyl (C=O) groups is 2. The Hall–Kier alpha value is -2.11. The van der Waals surface area contributed by atoms with E-state index < -0.39 is 17.7 Å². The second kappa shape index (κ2) is 6.79. The third kappa shape index (κ3) is 4.24. The number of hydrogen-bond donors (Lipinski definition) is 0. The minimum atomic E-state index is -0.611. The van der Waals surface area contributed by atoms with Crippen LogP contribution >= 0.6 is 0 Å². The highest BCUT2D eigenvalue weighted by molar-refractivity contribution is 5.88. The molecule has 0 radical (unpaired) electrons. The van der Waals surface area contributed by atoms with Gasteiger partial charge in [-0.2, -0.15) is 0 Å². The van der Waals surface area contributed by atoms with Gasteiger partial charge in [0.1, 0.15) is 17.5 Å². The predicted octanol–water partition coefficient (Wildman–Crippen LogP) is 3.18. The smallest absolute Gasteiger partial charge is 0.410 e. The summed E-state index contributed by atoms with van der Waals surface area (Å²) in [6, 6.07) is 5.62. The molecule has 1 heterocycles. The molecule has 0 N–H and O–H groups in total. The fourth-order valence-corrected chi connectivity index (χ4v) is 2.81. The van der Waals surface area contributed by atoms with Crippen molar-refractivity contribution >= 4 is 12.0 Å². The molecule has 1 aliphatic heterocycles. The van der Waals surface area contributed by atoms with E-state index in [2.05, 4.69) is 0 Å². The topological polar surface area (TPSA) is 49.9 Å². The van der Waals surface area contributed by atoms with E-state index in [-0.39, 0.29) is 17.8 Å². The molecule has 24 heavy (non-hydrogen) atoms. The van der Waals surface area contributed by atoms with Crippen LogP contribution < -0.4 is 0 Å². The first kappa shape index (κ1) is 18.2. The Morgan fingerprint density at radius 3 is 2.67 bits per heavy atom. The van der Waals surface area contributed by atoms with E-state index in [4.69, 9.17) is 4.74 Å². The van der Waals surface area contributed by atoms with Crippen molar-refractivity contribution in [2.75, 3.05) is 7.05 Å². The molecule has 2 rings (SSSR count). The second-order valence-electron chi connectivity index (χ2n) is 7.29. The molecule has 2 atom stereocenters. The largest absolute Gasteiger partial charge is 0.444 e. The fourth-order valence-electron chi connectivity index (χ4n) is 2.81. The lowest BCUT2D eigenvalue weighted by atomic mass is 10.1. The normalized spacial score (nSPS) is 21.1. The van der Waals surface area contributed by atoms with Gasteiger partial charge in [-0.1, -0.05) is 12.1 Å². The second-order valence-corrected chi connectivity index (χ2v) is 7.29. The van der Waals surface area contributed by atoms with Gasteiger partial charge in [0, 0.05) is 19.6 Å². The van der Waals surface area contributed by atoms with Gasteiger partial charge in [0.25, 0.3) is 0 Å². The molecular weight excluding hydrogens is 311 g/mol. The highest BCUT2D eigenvalue weighted by atomic mass is 19.1. The molecule has 0 saturated carbocycles. The van der Waals surface area contributed by atoms with Crippen molar-refractivity contribution in [2.24, 2.45) is 0 Å². The predicted molar refractivity (Wildman–Crippen MR) is 88.8 cm³/mol. The average Bonchev–Trinajstić information content (AvgIpc) is 2.73. The average molecular weight is 336 g/mol. The highest BCUT2D eigenvalue weighted by Crippen LogP contribution is 2.26. The molecule has 1 aliphatic rings. The van der Waals surface area contributed by atoms with Crippen LogP contribution in [-0.4, -0.2) is 46.5 Å². The number of ether oxygens (including phenoxy) is 1. The zero-order chi connectivity index (χ0) is 18.1. The molecule has 0 spiro atoms. The SMILES string of the molecule is C[C@@H]1C[C@H](N(C)C(=O)OC(C)(C)C)C(=O)N1Cc1cccc(F)c1. The summed E-state index contributed by atoms with van der Waals surface area (Å²) in [5.74, 6) is -0.464. The van der Waals surface area contributed by atoms with Gasteiger partial charge >= 0.3 is 6.09 Å². The van der Waals surface area contributed by atoms with Gasteiger partial charge < -0.3 is 9.64 Å². The molecule has 0 aromatic heterocycles. The van der Waals surface area contributed by atoms with Crippen molar-refractivity contribution in [2.45, 2.75) is 58.3 Å². The first-order chi connectivity index (χ1) is 11.1. The van der Waals surface area contributed by atoms with Gasteiger partial charge in [-0.25, -0.2) is 9.18 Å². The number of nitrogens with zero attached hydrogens (tertiary/aromatic N) is 2. The number of likely N-dealkylation sites (N-methyl/N-ethyl adjacent to an activating group) is 1. The molecule has 0 unspecified atom stereocenters. The monoisotopic (exact) mass is 336 g/mol. The van der Waals surface area contributed by atoms with Crippen LogP contribution in [0.3, 0.4) is 0 Å². The van der Waals surface area contributed by atoms with Crippen molar-refractivity contribution in [1.29, 1.82) is 0 Å². The highest BCUT2D eigenvalue weighted by Gasteiger charge is 2.41. The summed E-state index contributed by atoms with van der Waals surface area (Å²) in [5.41, 5.74) is 0.121. The summed E-state index contributed by atoms with van der Waals surface area (Å²) in [6.45, 7) is 7.62. The molecular formula is C18H25FN2O3. The van der Waals surface area contributed by atoms with Gasteiger partial charge in [-0.05, 0) is 51.8 Å². The van der Waals surface area contributed by atoms with Gasteiger partial charge in [0.2, 0.25) is 5.91 Å². The van der Waals surface area contributed by atoms with Crippen LogP contribution in [-0.2, 0) is 16.1 Å². The number of hydrogen-bond acceptors (Lipinski definition) is 3. The number of halogens is 1. The number of likely N-dealkylation sites (tertiary alicyclic amines) is 1. The summed E-state index contributed by atoms with van der Waals surface area (Å²) in [7, 11) is 1.58. The summed E-state index contributed by atoms with van der Waals surface area (Å²) in [6.07, 6.45) is 0.0184. The molecule has 6 heteroatoms. The molecule has 5 nitrogen and oxygen atoms in total. The van der Waals surface area contributed by atoms with Crippen LogP contribution in [0.1, 0.15) is 39.7 Å². The van der Waals surface area contributed by atoms with Crippen LogP contribution in [0.5, 0.6) is 0 Å². The Morgan fingerprint density at radius 1 is 1.42 bits per heavy atom. The maximum Gasteiger partial charge on any atom is 0.410 e. The van der Waals surface area contributed by atoms with Crippen LogP contribution in [0.4, 0.5) is 9.18 Å². The third-order valence-corrected chi connectivity index (χ3v) is 4.06. The van der Waals surface area contributed by atoms with Gasteiger partial charge in [0.15, 0.2) is 0 Å². The van der Waals surface area contributed by atoms with Gasteiger partial charge in [-0.3, -0.25) is 9.69 Å². The lowest BCUT2D eigenvalue weighted by molar-refractivity contribution is -0.133. The van der Waals surface area contributed by atoms with Gasteiger partial charge in [0.05, 0.1) is 0 Å². The Morgan fingerprint density at radius 2 is 2.08 bits per heavy atom. The summed E-state index contributed by atoms with van der Waals surface area (Å²) >= 11 is 0. The van der Waals surface area contributed by atoms with Crippen LogP contribution in [0.25, 0.3) is 0 Å². The van der Waals surface area contributed by atoms with Crippen LogP contribution in [0, 0.1) is 5.82 Å². The first-order valence-electron chi connectivity index (χ1n) is 8.09. The molecule has 1 saturated heterocycles. The van der Waals surface area contributed by atoms with E-state index in [9.17, 15) is 14.0 Å². The molecule has 2 amide bonds. The van der Waals surface area contributed by atoms with Crippen molar-refractivity contribution in [3.63, 3.8) is 0 Å². The zero-order valence-electron chi connectivity index (χ0n) is 14.9. The summed E-state index contributed by atoms with van der Waals surface area (Å²) in [4.78, 5) is 27.9. The third-order valence-electron chi connectivity index (χ3n) is 4.06. The lowest BCUT2D eigenvalue weighted by Gasteiger charge is -2.28. The minimum Gasteiger partial charge on any atom is -0.444 e.